The number of esters is 1. The second-order valence-electron chi connectivity index (χ2n) is 6.19. The summed E-state index contributed by atoms with van der Waals surface area (Å²) in [5, 5.41) is 0.420. The van der Waals surface area contributed by atoms with Crippen molar-refractivity contribution in [2.45, 2.75) is 13.5 Å². The number of likely N-dealkylation sites (tertiary alicyclic amines) is 1. The minimum absolute atomic E-state index is 0. The largest absolute Gasteiger partial charge is 0.468 e. The summed E-state index contributed by atoms with van der Waals surface area (Å²) in [4.78, 5) is 14.2. The number of benzene rings is 1. The van der Waals surface area contributed by atoms with Crippen LogP contribution in [0, 0.1) is 24.1 Å². The Bertz CT molecular complexity index is 613. The molecule has 1 aromatic carbocycles. The zero-order valence-corrected chi connectivity index (χ0v) is 14.7. The molecule has 2 atom stereocenters. The fourth-order valence-electron chi connectivity index (χ4n) is 3.54. The van der Waals surface area contributed by atoms with Gasteiger partial charge in [-0.05, 0) is 18.6 Å². The maximum atomic E-state index is 14.3. The number of fused-ring (bicyclic) bond motifs is 1. The standard InChI is InChI=1S/C16H19ClFNO3.ClH/c1-10-3-4-13(17)12(14(10)18)6-19-5-11-7-22-9-16(11,8-19)15(20)21-2;/h3-4,11H,5-9H2,1-2H3;1H/t11-,16-;/m0./s1. The van der Waals surface area contributed by atoms with Gasteiger partial charge in [0.25, 0.3) is 0 Å². The van der Waals surface area contributed by atoms with Gasteiger partial charge in [-0.2, -0.15) is 0 Å². The lowest BCUT2D eigenvalue weighted by atomic mass is 9.81. The van der Waals surface area contributed by atoms with Crippen molar-refractivity contribution in [1.29, 1.82) is 0 Å². The normalized spacial score (nSPS) is 26.7. The molecular formula is C16H20Cl2FNO3. The maximum absolute atomic E-state index is 14.3. The van der Waals surface area contributed by atoms with Gasteiger partial charge >= 0.3 is 5.97 Å². The summed E-state index contributed by atoms with van der Waals surface area (Å²) in [6.07, 6.45) is 0. The highest BCUT2D eigenvalue weighted by molar-refractivity contribution is 6.31. The van der Waals surface area contributed by atoms with Crippen molar-refractivity contribution < 1.29 is 18.7 Å². The molecule has 23 heavy (non-hydrogen) atoms. The highest BCUT2D eigenvalue weighted by Gasteiger charge is 2.56. The molecule has 2 heterocycles. The summed E-state index contributed by atoms with van der Waals surface area (Å²) in [6, 6.07) is 3.38. The summed E-state index contributed by atoms with van der Waals surface area (Å²) in [5.74, 6) is -0.423. The lowest BCUT2D eigenvalue weighted by Gasteiger charge is -2.24. The van der Waals surface area contributed by atoms with Crippen LogP contribution in [-0.4, -0.2) is 44.3 Å². The molecule has 0 N–H and O–H groups in total. The van der Waals surface area contributed by atoms with E-state index in [2.05, 4.69) is 4.90 Å². The van der Waals surface area contributed by atoms with Crippen LogP contribution < -0.4 is 0 Å². The predicted octanol–water partition coefficient (Wildman–Crippen LogP) is 2.83. The molecule has 0 amide bonds. The molecule has 2 saturated heterocycles. The quantitative estimate of drug-likeness (QED) is 0.774. The van der Waals surface area contributed by atoms with Gasteiger partial charge in [-0.25, -0.2) is 4.39 Å². The number of methoxy groups -OCH3 is 1. The molecule has 3 rings (SSSR count). The van der Waals surface area contributed by atoms with Gasteiger partial charge in [0.2, 0.25) is 0 Å². The van der Waals surface area contributed by atoms with Crippen LogP contribution in [0.4, 0.5) is 4.39 Å². The maximum Gasteiger partial charge on any atom is 0.315 e. The Hall–Kier alpha value is -0.880. The smallest absolute Gasteiger partial charge is 0.315 e. The predicted molar refractivity (Wildman–Crippen MR) is 87.4 cm³/mol. The molecule has 4 nitrogen and oxygen atoms in total. The van der Waals surface area contributed by atoms with E-state index in [-0.39, 0.29) is 30.1 Å². The van der Waals surface area contributed by atoms with Crippen LogP contribution in [0.15, 0.2) is 12.1 Å². The van der Waals surface area contributed by atoms with E-state index in [1.54, 1.807) is 19.1 Å². The molecule has 2 aliphatic heterocycles. The summed E-state index contributed by atoms with van der Waals surface area (Å²) < 4.78 is 24.7. The Kier molecular flexibility index (Phi) is 5.56. The van der Waals surface area contributed by atoms with E-state index in [1.807, 2.05) is 0 Å². The molecular weight excluding hydrogens is 344 g/mol. The van der Waals surface area contributed by atoms with Crippen LogP contribution in [-0.2, 0) is 20.8 Å². The fraction of sp³-hybridized carbons (Fsp3) is 0.562. The number of carbonyl (C=O) groups is 1. The molecule has 128 valence electrons. The summed E-state index contributed by atoms with van der Waals surface area (Å²) >= 11 is 6.14. The Labute approximate surface area is 146 Å². The Morgan fingerprint density at radius 2 is 2.30 bits per heavy atom. The molecule has 2 fully saturated rings. The van der Waals surface area contributed by atoms with Crippen LogP contribution in [0.5, 0.6) is 0 Å². The number of hydrogen-bond acceptors (Lipinski definition) is 4. The first kappa shape index (κ1) is 18.5. The monoisotopic (exact) mass is 363 g/mol. The minimum Gasteiger partial charge on any atom is -0.468 e. The van der Waals surface area contributed by atoms with E-state index in [0.29, 0.717) is 49.0 Å². The molecule has 0 unspecified atom stereocenters. The Balaban J connectivity index is 0.00000192. The first-order valence-corrected chi connectivity index (χ1v) is 7.67. The van der Waals surface area contributed by atoms with Gasteiger partial charge in [-0.3, -0.25) is 9.69 Å². The van der Waals surface area contributed by atoms with Crippen LogP contribution in [0.25, 0.3) is 0 Å². The van der Waals surface area contributed by atoms with Crippen molar-refractivity contribution in [3.05, 3.63) is 34.1 Å². The van der Waals surface area contributed by atoms with Gasteiger partial charge in [-0.1, -0.05) is 17.7 Å². The second-order valence-corrected chi connectivity index (χ2v) is 6.59. The second kappa shape index (κ2) is 6.93. The van der Waals surface area contributed by atoms with E-state index in [0.717, 1.165) is 0 Å². The zero-order chi connectivity index (χ0) is 15.9. The average Bonchev–Trinajstić information content (AvgIpc) is 3.04. The van der Waals surface area contributed by atoms with Crippen molar-refractivity contribution in [3.8, 4) is 0 Å². The van der Waals surface area contributed by atoms with Crippen molar-refractivity contribution in [3.63, 3.8) is 0 Å². The summed E-state index contributed by atoms with van der Waals surface area (Å²) in [5.41, 5.74) is 0.439. The highest BCUT2D eigenvalue weighted by atomic mass is 35.5. The minimum atomic E-state index is -0.623. The summed E-state index contributed by atoms with van der Waals surface area (Å²) in [6.45, 7) is 4.20. The Morgan fingerprint density at radius 3 is 3.00 bits per heavy atom. The molecule has 0 spiro atoms. The third-order valence-electron chi connectivity index (χ3n) is 4.80. The molecule has 0 radical (unpaired) electrons. The summed E-state index contributed by atoms with van der Waals surface area (Å²) in [7, 11) is 1.40. The molecule has 0 aromatic heterocycles. The number of nitrogens with zero attached hydrogens (tertiary/aromatic N) is 1. The third-order valence-corrected chi connectivity index (χ3v) is 5.15. The molecule has 2 aliphatic rings. The van der Waals surface area contributed by atoms with Gasteiger partial charge in [-0.15, -0.1) is 12.4 Å². The van der Waals surface area contributed by atoms with Gasteiger partial charge in [0.1, 0.15) is 11.2 Å². The van der Waals surface area contributed by atoms with Crippen LogP contribution >= 0.6 is 24.0 Å². The van der Waals surface area contributed by atoms with E-state index < -0.39 is 5.41 Å². The van der Waals surface area contributed by atoms with Crippen LogP contribution in [0.3, 0.4) is 0 Å². The molecule has 7 heteroatoms. The van der Waals surface area contributed by atoms with E-state index >= 15 is 0 Å². The van der Waals surface area contributed by atoms with Gasteiger partial charge < -0.3 is 9.47 Å². The average molecular weight is 364 g/mol. The van der Waals surface area contributed by atoms with E-state index in [9.17, 15) is 9.18 Å². The Morgan fingerprint density at radius 1 is 1.57 bits per heavy atom. The number of halogens is 3. The van der Waals surface area contributed by atoms with Gasteiger partial charge in [0.15, 0.2) is 0 Å². The fourth-order valence-corrected chi connectivity index (χ4v) is 3.74. The van der Waals surface area contributed by atoms with Crippen molar-refractivity contribution in [1.82, 2.24) is 4.90 Å². The number of rotatable bonds is 3. The van der Waals surface area contributed by atoms with Gasteiger partial charge in [0.05, 0.1) is 20.3 Å². The van der Waals surface area contributed by atoms with Crippen LogP contribution in [0.1, 0.15) is 11.1 Å². The van der Waals surface area contributed by atoms with E-state index in [4.69, 9.17) is 21.1 Å². The number of aryl methyl sites for hydroxylation is 1. The first-order chi connectivity index (χ1) is 10.5. The highest BCUT2D eigenvalue weighted by Crippen LogP contribution is 2.43. The van der Waals surface area contributed by atoms with Crippen molar-refractivity contribution >= 4 is 30.0 Å². The van der Waals surface area contributed by atoms with Crippen molar-refractivity contribution in [2.24, 2.45) is 11.3 Å². The first-order valence-electron chi connectivity index (χ1n) is 7.30. The van der Waals surface area contributed by atoms with E-state index in [1.165, 1.54) is 7.11 Å². The van der Waals surface area contributed by atoms with Gasteiger partial charge in [0, 0.05) is 36.1 Å². The number of ether oxygens (including phenoxy) is 2. The number of carbonyl (C=O) groups excluding carboxylic acids is 1. The molecule has 0 bridgehead atoms. The lowest BCUT2D eigenvalue weighted by molar-refractivity contribution is -0.153. The molecule has 1 aromatic rings. The molecule has 0 saturated carbocycles. The lowest BCUT2D eigenvalue weighted by Crippen LogP contribution is -2.40. The SMILES string of the molecule is COC(=O)[C@@]12COC[C@@H]1CN(Cc1c(Cl)ccc(C)c1F)C2.Cl. The number of hydrogen-bond donors (Lipinski definition) is 0. The van der Waals surface area contributed by atoms with Crippen LogP contribution in [0.2, 0.25) is 5.02 Å². The molecule has 0 aliphatic carbocycles. The third kappa shape index (κ3) is 3.07. The zero-order valence-electron chi connectivity index (χ0n) is 13.1. The topological polar surface area (TPSA) is 38.8 Å². The van der Waals surface area contributed by atoms with Crippen molar-refractivity contribution in [2.75, 3.05) is 33.4 Å².